The van der Waals surface area contributed by atoms with Gasteiger partial charge in [0.25, 0.3) is 0 Å². The number of methoxy groups -OCH3 is 1. The van der Waals surface area contributed by atoms with E-state index < -0.39 is 12.1 Å². The van der Waals surface area contributed by atoms with Crippen LogP contribution in [0.15, 0.2) is 6.07 Å². The molecule has 1 aromatic rings. The van der Waals surface area contributed by atoms with Crippen molar-refractivity contribution in [1.29, 1.82) is 0 Å². The highest BCUT2D eigenvalue weighted by atomic mass is 19.4. The molecule has 0 radical (unpaired) electrons. The first-order valence-corrected chi connectivity index (χ1v) is 4.37. The minimum Gasteiger partial charge on any atom is -0.493 e. The molecule has 2 N–H and O–H groups in total. The lowest BCUT2D eigenvalue weighted by atomic mass is 10.2. The molecule has 0 fully saturated rings. The summed E-state index contributed by atoms with van der Waals surface area (Å²) in [5.74, 6) is -0.475. The van der Waals surface area contributed by atoms with E-state index in [9.17, 15) is 13.2 Å². The highest BCUT2D eigenvalue weighted by Gasteiger charge is 2.33. The number of alkyl halides is 3. The minimum atomic E-state index is -4.77. The summed E-state index contributed by atoms with van der Waals surface area (Å²) in [5.41, 5.74) is 5.85. The van der Waals surface area contributed by atoms with Gasteiger partial charge >= 0.3 is 6.36 Å². The van der Waals surface area contributed by atoms with Gasteiger partial charge in [0.1, 0.15) is 0 Å². The molecular formula is C9H11F3N2O2. The molecule has 1 heterocycles. The summed E-state index contributed by atoms with van der Waals surface area (Å²) >= 11 is 0. The van der Waals surface area contributed by atoms with Crippen molar-refractivity contribution in [3.8, 4) is 11.5 Å². The van der Waals surface area contributed by atoms with E-state index in [-0.39, 0.29) is 18.0 Å². The van der Waals surface area contributed by atoms with Crippen LogP contribution in [0.4, 0.5) is 13.2 Å². The van der Waals surface area contributed by atoms with Crippen LogP contribution in [-0.2, 0) is 6.54 Å². The first-order chi connectivity index (χ1) is 7.37. The lowest BCUT2D eigenvalue weighted by Gasteiger charge is -2.15. The van der Waals surface area contributed by atoms with Gasteiger partial charge in [-0.05, 0) is 6.92 Å². The Morgan fingerprint density at radius 1 is 1.44 bits per heavy atom. The van der Waals surface area contributed by atoms with E-state index in [1.165, 1.54) is 20.1 Å². The Hall–Kier alpha value is -1.50. The average molecular weight is 236 g/mol. The number of aryl methyl sites for hydroxylation is 1. The number of hydrogen-bond donors (Lipinski definition) is 1. The third kappa shape index (κ3) is 2.99. The highest BCUT2D eigenvalue weighted by molar-refractivity contribution is 5.44. The summed E-state index contributed by atoms with van der Waals surface area (Å²) in [5, 5.41) is 0. The Kier molecular flexibility index (Phi) is 3.58. The van der Waals surface area contributed by atoms with Crippen molar-refractivity contribution in [3.05, 3.63) is 17.5 Å². The normalized spacial score (nSPS) is 11.4. The topological polar surface area (TPSA) is 57.4 Å². The first kappa shape index (κ1) is 12.6. The lowest BCUT2D eigenvalue weighted by Crippen LogP contribution is -2.19. The maximum atomic E-state index is 12.1. The smallest absolute Gasteiger partial charge is 0.493 e. The molecule has 0 saturated carbocycles. The SMILES string of the molecule is COc1cc(CN)nc(C)c1OC(F)(F)F. The summed E-state index contributed by atoms with van der Waals surface area (Å²) in [7, 11) is 1.25. The van der Waals surface area contributed by atoms with E-state index in [1.807, 2.05) is 0 Å². The molecule has 0 spiro atoms. The summed E-state index contributed by atoms with van der Waals surface area (Å²) in [6.07, 6.45) is -4.77. The van der Waals surface area contributed by atoms with Gasteiger partial charge in [-0.1, -0.05) is 0 Å². The number of aromatic nitrogens is 1. The Morgan fingerprint density at radius 3 is 2.50 bits per heavy atom. The van der Waals surface area contributed by atoms with Crippen molar-refractivity contribution in [2.45, 2.75) is 19.8 Å². The van der Waals surface area contributed by atoms with Crippen molar-refractivity contribution >= 4 is 0 Å². The van der Waals surface area contributed by atoms with Crippen LogP contribution >= 0.6 is 0 Å². The molecule has 0 aliphatic heterocycles. The Morgan fingerprint density at radius 2 is 2.06 bits per heavy atom. The molecule has 90 valence electrons. The van der Waals surface area contributed by atoms with Crippen LogP contribution in [-0.4, -0.2) is 18.5 Å². The van der Waals surface area contributed by atoms with Crippen LogP contribution in [0.25, 0.3) is 0 Å². The van der Waals surface area contributed by atoms with Crippen molar-refractivity contribution in [2.75, 3.05) is 7.11 Å². The van der Waals surface area contributed by atoms with Crippen LogP contribution in [0.1, 0.15) is 11.4 Å². The van der Waals surface area contributed by atoms with Crippen LogP contribution in [0, 0.1) is 6.92 Å². The van der Waals surface area contributed by atoms with Crippen molar-refractivity contribution in [2.24, 2.45) is 5.73 Å². The zero-order chi connectivity index (χ0) is 12.3. The Bertz CT molecular complexity index is 380. The number of rotatable bonds is 3. The molecule has 0 aliphatic rings. The van der Waals surface area contributed by atoms with Gasteiger partial charge in [0.15, 0.2) is 11.5 Å². The molecule has 0 bridgehead atoms. The average Bonchev–Trinajstić information content (AvgIpc) is 2.19. The fourth-order valence-electron chi connectivity index (χ4n) is 1.19. The summed E-state index contributed by atoms with van der Waals surface area (Å²) in [6.45, 7) is 1.51. The Balaban J connectivity index is 3.16. The number of halogens is 3. The predicted octanol–water partition coefficient (Wildman–Crippen LogP) is 1.76. The van der Waals surface area contributed by atoms with E-state index >= 15 is 0 Å². The summed E-state index contributed by atoms with van der Waals surface area (Å²) < 4.78 is 44.9. The predicted molar refractivity (Wildman–Crippen MR) is 50.1 cm³/mol. The third-order valence-corrected chi connectivity index (χ3v) is 1.81. The van der Waals surface area contributed by atoms with E-state index in [0.29, 0.717) is 5.69 Å². The molecule has 0 atom stereocenters. The Labute approximate surface area is 90.2 Å². The van der Waals surface area contributed by atoms with E-state index in [4.69, 9.17) is 10.5 Å². The van der Waals surface area contributed by atoms with Gasteiger partial charge in [0, 0.05) is 12.6 Å². The molecule has 1 aromatic heterocycles. The maximum absolute atomic E-state index is 12.1. The van der Waals surface area contributed by atoms with Gasteiger partial charge in [-0.2, -0.15) is 0 Å². The van der Waals surface area contributed by atoms with Gasteiger partial charge in [0.05, 0.1) is 18.5 Å². The zero-order valence-electron chi connectivity index (χ0n) is 8.76. The monoisotopic (exact) mass is 236 g/mol. The molecule has 16 heavy (non-hydrogen) atoms. The van der Waals surface area contributed by atoms with Crippen molar-refractivity contribution < 1.29 is 22.6 Å². The van der Waals surface area contributed by atoms with Crippen LogP contribution in [0.5, 0.6) is 11.5 Å². The molecule has 0 aromatic carbocycles. The van der Waals surface area contributed by atoms with Crippen molar-refractivity contribution in [3.63, 3.8) is 0 Å². The number of ether oxygens (including phenoxy) is 2. The van der Waals surface area contributed by atoms with E-state index in [2.05, 4.69) is 9.72 Å². The molecule has 7 heteroatoms. The second kappa shape index (κ2) is 4.56. The van der Waals surface area contributed by atoms with Gasteiger partial charge in [0.2, 0.25) is 0 Å². The molecule has 4 nitrogen and oxygen atoms in total. The number of nitrogens with two attached hydrogens (primary N) is 1. The van der Waals surface area contributed by atoms with Crippen molar-refractivity contribution in [1.82, 2.24) is 4.98 Å². The second-order valence-corrected chi connectivity index (χ2v) is 2.98. The van der Waals surface area contributed by atoms with Crippen LogP contribution in [0.2, 0.25) is 0 Å². The molecule has 1 rings (SSSR count). The van der Waals surface area contributed by atoms with Crippen LogP contribution in [0.3, 0.4) is 0 Å². The number of hydrogen-bond acceptors (Lipinski definition) is 4. The summed E-state index contributed by atoms with van der Waals surface area (Å²) in [6, 6.07) is 1.31. The molecule has 0 unspecified atom stereocenters. The number of pyridine rings is 1. The fraction of sp³-hybridized carbons (Fsp3) is 0.444. The van der Waals surface area contributed by atoms with E-state index in [1.54, 1.807) is 0 Å². The number of nitrogens with zero attached hydrogens (tertiary/aromatic N) is 1. The molecular weight excluding hydrogens is 225 g/mol. The van der Waals surface area contributed by atoms with Gasteiger partial charge in [-0.25, -0.2) is 0 Å². The zero-order valence-corrected chi connectivity index (χ0v) is 8.76. The molecule has 0 saturated heterocycles. The summed E-state index contributed by atoms with van der Waals surface area (Å²) in [4.78, 5) is 3.85. The quantitative estimate of drug-likeness (QED) is 0.868. The standard InChI is InChI=1S/C9H11F3N2O2/c1-5-8(16-9(10,11)12)7(15-2)3-6(4-13)14-5/h3H,4,13H2,1-2H3. The lowest BCUT2D eigenvalue weighted by molar-refractivity contribution is -0.275. The second-order valence-electron chi connectivity index (χ2n) is 2.98. The fourth-order valence-corrected chi connectivity index (χ4v) is 1.19. The first-order valence-electron chi connectivity index (χ1n) is 4.37. The highest BCUT2D eigenvalue weighted by Crippen LogP contribution is 2.34. The maximum Gasteiger partial charge on any atom is 0.573 e. The van der Waals surface area contributed by atoms with Gasteiger partial charge < -0.3 is 15.2 Å². The van der Waals surface area contributed by atoms with Crippen LogP contribution < -0.4 is 15.2 Å². The van der Waals surface area contributed by atoms with E-state index in [0.717, 1.165) is 0 Å². The minimum absolute atomic E-state index is 0.0368. The van der Waals surface area contributed by atoms with Gasteiger partial charge in [-0.15, -0.1) is 13.2 Å². The largest absolute Gasteiger partial charge is 0.573 e. The molecule has 0 amide bonds. The molecule has 0 aliphatic carbocycles. The third-order valence-electron chi connectivity index (χ3n) is 1.81. The van der Waals surface area contributed by atoms with Gasteiger partial charge in [-0.3, -0.25) is 4.98 Å².